The molecular weight excluding hydrogens is 240 g/mol. The summed E-state index contributed by atoms with van der Waals surface area (Å²) in [4.78, 5) is 14.3. The van der Waals surface area contributed by atoms with Gasteiger partial charge in [0.1, 0.15) is 0 Å². The zero-order valence-electron chi connectivity index (χ0n) is 11.4. The third kappa shape index (κ3) is 3.55. The number of likely N-dealkylation sites (N-methyl/N-ethyl adjacent to an activating group) is 1. The minimum Gasteiger partial charge on any atom is -0.391 e. The van der Waals surface area contributed by atoms with Gasteiger partial charge in [-0.3, -0.25) is 4.79 Å². The van der Waals surface area contributed by atoms with E-state index in [2.05, 4.69) is 5.32 Å². The number of benzene rings is 1. The zero-order chi connectivity index (χ0) is 13.7. The van der Waals surface area contributed by atoms with Crippen LogP contribution in [0.5, 0.6) is 0 Å². The molecule has 0 aromatic heterocycles. The van der Waals surface area contributed by atoms with E-state index in [1.54, 1.807) is 4.90 Å². The van der Waals surface area contributed by atoms with Crippen LogP contribution in [0, 0.1) is 0 Å². The summed E-state index contributed by atoms with van der Waals surface area (Å²) in [5.41, 5.74) is 1.84. The van der Waals surface area contributed by atoms with E-state index in [1.165, 1.54) is 0 Å². The molecule has 0 spiro atoms. The van der Waals surface area contributed by atoms with Crippen LogP contribution in [0.2, 0.25) is 0 Å². The molecule has 19 heavy (non-hydrogen) atoms. The molecule has 4 nitrogen and oxygen atoms in total. The molecule has 2 rings (SSSR count). The van der Waals surface area contributed by atoms with Crippen LogP contribution in [0.1, 0.15) is 28.8 Å². The minimum atomic E-state index is -0.373. The number of likely N-dealkylation sites (tertiary alicyclic amines) is 1. The van der Waals surface area contributed by atoms with Gasteiger partial charge in [-0.2, -0.15) is 0 Å². The highest BCUT2D eigenvalue weighted by Crippen LogP contribution is 2.17. The number of piperidine rings is 1. The average Bonchev–Trinajstić information content (AvgIpc) is 2.44. The summed E-state index contributed by atoms with van der Waals surface area (Å²) in [7, 11) is 1.91. The molecule has 104 valence electrons. The first-order valence-corrected chi connectivity index (χ1v) is 6.92. The fraction of sp³-hybridized carbons (Fsp3) is 0.533. The SMILES string of the molecule is CNCCc1ccccc1C(=O)N1CCCC(O)C1. The van der Waals surface area contributed by atoms with Crippen LogP contribution in [-0.4, -0.2) is 48.7 Å². The Labute approximate surface area is 114 Å². The lowest BCUT2D eigenvalue weighted by Gasteiger charge is -2.30. The molecule has 1 aromatic rings. The highest BCUT2D eigenvalue weighted by molar-refractivity contribution is 5.95. The maximum Gasteiger partial charge on any atom is 0.254 e. The van der Waals surface area contributed by atoms with Crippen LogP contribution in [0.25, 0.3) is 0 Å². The maximum atomic E-state index is 12.5. The van der Waals surface area contributed by atoms with Crippen LogP contribution in [-0.2, 0) is 6.42 Å². The van der Waals surface area contributed by atoms with Crippen molar-refractivity contribution in [2.75, 3.05) is 26.7 Å². The lowest BCUT2D eigenvalue weighted by Crippen LogP contribution is -2.42. The van der Waals surface area contributed by atoms with Crippen LogP contribution < -0.4 is 5.32 Å². The third-order valence-corrected chi connectivity index (χ3v) is 3.58. The van der Waals surface area contributed by atoms with E-state index in [4.69, 9.17) is 0 Å². The molecule has 1 aliphatic rings. The molecule has 1 aliphatic heterocycles. The van der Waals surface area contributed by atoms with E-state index < -0.39 is 0 Å². The molecule has 1 unspecified atom stereocenters. The highest BCUT2D eigenvalue weighted by atomic mass is 16.3. The predicted octanol–water partition coefficient (Wildman–Crippen LogP) is 1.05. The van der Waals surface area contributed by atoms with Crippen LogP contribution in [0.4, 0.5) is 0 Å². The quantitative estimate of drug-likeness (QED) is 0.852. The van der Waals surface area contributed by atoms with Crippen molar-refractivity contribution in [1.29, 1.82) is 0 Å². The lowest BCUT2D eigenvalue weighted by molar-refractivity contribution is 0.0473. The van der Waals surface area contributed by atoms with Crippen LogP contribution >= 0.6 is 0 Å². The lowest BCUT2D eigenvalue weighted by atomic mass is 10.0. The number of nitrogens with zero attached hydrogens (tertiary/aromatic N) is 1. The normalized spacial score (nSPS) is 19.5. The number of carbonyl (C=O) groups excluding carboxylic acids is 1. The second-order valence-electron chi connectivity index (χ2n) is 5.06. The Balaban J connectivity index is 2.13. The van der Waals surface area contributed by atoms with Gasteiger partial charge in [-0.15, -0.1) is 0 Å². The first-order valence-electron chi connectivity index (χ1n) is 6.92. The Hall–Kier alpha value is -1.39. The predicted molar refractivity (Wildman–Crippen MR) is 75.2 cm³/mol. The smallest absolute Gasteiger partial charge is 0.254 e. The fourth-order valence-corrected chi connectivity index (χ4v) is 2.52. The molecule has 0 aliphatic carbocycles. The first-order chi connectivity index (χ1) is 9.22. The molecule has 2 N–H and O–H groups in total. The van der Waals surface area contributed by atoms with Gasteiger partial charge >= 0.3 is 0 Å². The van der Waals surface area contributed by atoms with Gasteiger partial charge in [0, 0.05) is 18.7 Å². The van der Waals surface area contributed by atoms with Gasteiger partial charge in [0.25, 0.3) is 5.91 Å². The van der Waals surface area contributed by atoms with Crippen molar-refractivity contribution in [3.05, 3.63) is 35.4 Å². The van der Waals surface area contributed by atoms with Crippen LogP contribution in [0.15, 0.2) is 24.3 Å². The van der Waals surface area contributed by atoms with Gasteiger partial charge in [-0.25, -0.2) is 0 Å². The molecule has 1 atom stereocenters. The van der Waals surface area contributed by atoms with Gasteiger partial charge in [0.15, 0.2) is 0 Å². The largest absolute Gasteiger partial charge is 0.391 e. The molecular formula is C15H22N2O2. The zero-order valence-corrected chi connectivity index (χ0v) is 11.4. The Bertz CT molecular complexity index is 434. The summed E-state index contributed by atoms with van der Waals surface area (Å²) in [5.74, 6) is 0.0467. The maximum absolute atomic E-state index is 12.5. The van der Waals surface area contributed by atoms with E-state index in [0.717, 1.165) is 43.5 Å². The minimum absolute atomic E-state index is 0.0467. The standard InChI is InChI=1S/C15H22N2O2/c1-16-9-8-12-5-2-3-7-14(12)15(19)17-10-4-6-13(18)11-17/h2-3,5,7,13,16,18H,4,6,8-11H2,1H3. The second-order valence-corrected chi connectivity index (χ2v) is 5.06. The number of aliphatic hydroxyl groups is 1. The van der Waals surface area contributed by atoms with Crippen molar-refractivity contribution < 1.29 is 9.90 Å². The summed E-state index contributed by atoms with van der Waals surface area (Å²) in [5, 5.41) is 12.8. The Morgan fingerprint density at radius 1 is 1.47 bits per heavy atom. The van der Waals surface area contributed by atoms with E-state index in [1.807, 2.05) is 31.3 Å². The summed E-state index contributed by atoms with van der Waals surface area (Å²) < 4.78 is 0. The molecule has 0 radical (unpaired) electrons. The number of rotatable bonds is 4. The van der Waals surface area contributed by atoms with E-state index in [9.17, 15) is 9.90 Å². The van der Waals surface area contributed by atoms with Gasteiger partial charge < -0.3 is 15.3 Å². The van der Waals surface area contributed by atoms with E-state index >= 15 is 0 Å². The molecule has 0 saturated carbocycles. The summed E-state index contributed by atoms with van der Waals surface area (Å²) in [6.45, 7) is 2.06. The van der Waals surface area contributed by atoms with Crippen molar-refractivity contribution in [2.45, 2.75) is 25.4 Å². The van der Waals surface area contributed by atoms with E-state index in [0.29, 0.717) is 6.54 Å². The van der Waals surface area contributed by atoms with Gasteiger partial charge in [-0.05, 0) is 44.5 Å². The number of carbonyl (C=O) groups is 1. The third-order valence-electron chi connectivity index (χ3n) is 3.58. The number of amides is 1. The molecule has 0 bridgehead atoms. The highest BCUT2D eigenvalue weighted by Gasteiger charge is 2.24. The Morgan fingerprint density at radius 2 is 2.26 bits per heavy atom. The number of nitrogens with one attached hydrogen (secondary N) is 1. The van der Waals surface area contributed by atoms with Gasteiger partial charge in [0.2, 0.25) is 0 Å². The molecule has 4 heteroatoms. The average molecular weight is 262 g/mol. The second kappa shape index (κ2) is 6.68. The number of hydrogen-bond donors (Lipinski definition) is 2. The topological polar surface area (TPSA) is 52.6 Å². The van der Waals surface area contributed by atoms with Crippen molar-refractivity contribution in [1.82, 2.24) is 10.2 Å². The summed E-state index contributed by atoms with van der Waals surface area (Å²) >= 11 is 0. The fourth-order valence-electron chi connectivity index (χ4n) is 2.52. The van der Waals surface area contributed by atoms with Gasteiger partial charge in [-0.1, -0.05) is 18.2 Å². The van der Waals surface area contributed by atoms with Gasteiger partial charge in [0.05, 0.1) is 6.10 Å². The summed E-state index contributed by atoms with van der Waals surface area (Å²) in [6, 6.07) is 7.75. The van der Waals surface area contributed by atoms with Crippen molar-refractivity contribution in [3.63, 3.8) is 0 Å². The monoisotopic (exact) mass is 262 g/mol. The molecule has 1 heterocycles. The number of hydrogen-bond acceptors (Lipinski definition) is 3. The molecule has 1 fully saturated rings. The molecule has 1 saturated heterocycles. The molecule has 1 aromatic carbocycles. The van der Waals surface area contributed by atoms with Crippen molar-refractivity contribution in [2.24, 2.45) is 0 Å². The first kappa shape index (κ1) is 14.0. The van der Waals surface area contributed by atoms with Crippen molar-refractivity contribution >= 4 is 5.91 Å². The van der Waals surface area contributed by atoms with E-state index in [-0.39, 0.29) is 12.0 Å². The Kier molecular flexibility index (Phi) is 4.93. The van der Waals surface area contributed by atoms with Crippen molar-refractivity contribution in [3.8, 4) is 0 Å². The van der Waals surface area contributed by atoms with Crippen LogP contribution in [0.3, 0.4) is 0 Å². The number of aliphatic hydroxyl groups excluding tert-OH is 1. The summed E-state index contributed by atoms with van der Waals surface area (Å²) in [6.07, 6.45) is 2.15. The Morgan fingerprint density at radius 3 is 3.00 bits per heavy atom. The number of β-amino-alcohol motifs (C(OH)–C–C–N with tert-alkyl or cyclic N) is 1. The molecule has 1 amide bonds.